The molecular weight excluding hydrogens is 437 g/mol. The van der Waals surface area contributed by atoms with E-state index in [2.05, 4.69) is 0 Å². The number of amides is 1. The smallest absolute Gasteiger partial charge is 0.235 e. The average molecular weight is 461 g/mol. The maximum atomic E-state index is 15.0. The Morgan fingerprint density at radius 1 is 1.24 bits per heavy atom. The zero-order chi connectivity index (χ0) is 24.6. The molecule has 1 amide bonds. The highest BCUT2D eigenvalue weighted by Gasteiger charge is 2.69. The summed E-state index contributed by atoms with van der Waals surface area (Å²) >= 11 is 0. The Balaban J connectivity index is 1.89. The van der Waals surface area contributed by atoms with Gasteiger partial charge in [-0.25, -0.2) is 4.39 Å². The number of rotatable bonds is 3. The molecule has 0 radical (unpaired) electrons. The van der Waals surface area contributed by atoms with Crippen molar-refractivity contribution in [3.63, 3.8) is 0 Å². The van der Waals surface area contributed by atoms with E-state index < -0.39 is 81.5 Å². The van der Waals surface area contributed by atoms with Crippen LogP contribution in [-0.4, -0.2) is 69.9 Å². The van der Waals surface area contributed by atoms with Crippen LogP contribution in [0.3, 0.4) is 0 Å². The van der Waals surface area contributed by atoms with Crippen molar-refractivity contribution < 1.29 is 38.6 Å². The fourth-order valence-corrected chi connectivity index (χ4v) is 5.86. The van der Waals surface area contributed by atoms with E-state index in [-0.39, 0.29) is 30.5 Å². The standard InChI is InChI=1S/C22H24FN3O7/c1-26(2)16-10-4-7-3-9-13(11(27)5-8(6-24)15(9)23)17(28)12(7)19(30)22(10,33)20(31)14(18(16)29)21(25)32/h5,7,10,12,14,16,27,33H,3-4,6,24H2,1-2H3,(H2,25,32). The molecule has 176 valence electrons. The number of ketones is 4. The summed E-state index contributed by atoms with van der Waals surface area (Å²) in [5.74, 6) is -12.6. The molecule has 2 saturated carbocycles. The molecule has 10 nitrogen and oxygen atoms in total. The van der Waals surface area contributed by atoms with Gasteiger partial charge in [0, 0.05) is 23.6 Å². The number of aromatic hydroxyl groups is 1. The first-order valence-electron chi connectivity index (χ1n) is 10.5. The molecule has 0 spiro atoms. The molecule has 0 aromatic heterocycles. The van der Waals surface area contributed by atoms with Gasteiger partial charge in [0.1, 0.15) is 11.6 Å². The van der Waals surface area contributed by atoms with Gasteiger partial charge in [0.25, 0.3) is 0 Å². The van der Waals surface area contributed by atoms with E-state index in [0.717, 1.165) is 6.07 Å². The number of hydrogen-bond acceptors (Lipinski definition) is 9. The zero-order valence-electron chi connectivity index (χ0n) is 18.0. The zero-order valence-corrected chi connectivity index (χ0v) is 18.0. The molecule has 3 aliphatic carbocycles. The number of fused-ring (bicyclic) bond motifs is 3. The second kappa shape index (κ2) is 7.51. The number of carbonyl (C=O) groups excluding carboxylic acids is 5. The first-order valence-corrected chi connectivity index (χ1v) is 10.5. The van der Waals surface area contributed by atoms with Gasteiger partial charge in [-0.15, -0.1) is 0 Å². The number of aliphatic hydroxyl groups is 1. The van der Waals surface area contributed by atoms with Crippen LogP contribution in [-0.2, 0) is 32.1 Å². The minimum absolute atomic E-state index is 0.00497. The van der Waals surface area contributed by atoms with Crippen molar-refractivity contribution in [2.45, 2.75) is 31.0 Å². The van der Waals surface area contributed by atoms with Crippen LogP contribution in [0.1, 0.15) is 27.9 Å². The number of phenols is 1. The molecule has 6 N–H and O–H groups in total. The predicted molar refractivity (Wildman–Crippen MR) is 109 cm³/mol. The lowest BCUT2D eigenvalue weighted by Crippen LogP contribution is -2.74. The van der Waals surface area contributed by atoms with E-state index >= 15 is 0 Å². The molecule has 6 unspecified atom stereocenters. The Kier molecular flexibility index (Phi) is 5.26. The van der Waals surface area contributed by atoms with Crippen LogP contribution >= 0.6 is 0 Å². The predicted octanol–water partition coefficient (Wildman–Crippen LogP) is -1.54. The number of Topliss-reactive ketones (excluding diaryl/α,β-unsaturated/α-hetero) is 4. The number of likely N-dealkylation sites (N-methyl/N-ethyl adjacent to an activating group) is 1. The van der Waals surface area contributed by atoms with Crippen LogP contribution in [0.4, 0.5) is 4.39 Å². The lowest BCUT2D eigenvalue weighted by atomic mass is 9.52. The van der Waals surface area contributed by atoms with Crippen LogP contribution in [0.2, 0.25) is 0 Å². The molecular formula is C22H24FN3O7. The van der Waals surface area contributed by atoms with Crippen LogP contribution in [0.15, 0.2) is 6.07 Å². The molecule has 3 aliphatic rings. The summed E-state index contributed by atoms with van der Waals surface area (Å²) in [7, 11) is 2.97. The monoisotopic (exact) mass is 461 g/mol. The Morgan fingerprint density at radius 3 is 2.42 bits per heavy atom. The molecule has 11 heteroatoms. The van der Waals surface area contributed by atoms with Crippen molar-refractivity contribution in [2.75, 3.05) is 14.1 Å². The van der Waals surface area contributed by atoms with Crippen LogP contribution < -0.4 is 11.5 Å². The molecule has 6 atom stereocenters. The highest BCUT2D eigenvalue weighted by atomic mass is 19.1. The van der Waals surface area contributed by atoms with Gasteiger partial charge in [0.2, 0.25) is 5.91 Å². The van der Waals surface area contributed by atoms with E-state index in [1.54, 1.807) is 0 Å². The molecule has 1 aromatic rings. The van der Waals surface area contributed by atoms with Crippen molar-refractivity contribution in [2.24, 2.45) is 35.1 Å². The highest BCUT2D eigenvalue weighted by Crippen LogP contribution is 2.51. The molecule has 0 bridgehead atoms. The molecule has 2 fully saturated rings. The number of halogens is 1. The van der Waals surface area contributed by atoms with Gasteiger partial charge in [0.05, 0.1) is 17.5 Å². The number of carbonyl (C=O) groups is 5. The first kappa shape index (κ1) is 23.1. The Labute approximate surface area is 187 Å². The third-order valence-corrected chi connectivity index (χ3v) is 7.29. The topological polar surface area (TPSA) is 181 Å². The third kappa shape index (κ3) is 2.92. The maximum absolute atomic E-state index is 15.0. The molecule has 0 aliphatic heterocycles. The van der Waals surface area contributed by atoms with Gasteiger partial charge in [-0.2, -0.15) is 0 Å². The SMILES string of the molecule is CN(C)C1C(=O)C(C(N)=O)C(=O)C2(O)C(=O)C3C(=O)c4c(O)cc(CN)c(F)c4CC3CC12. The largest absolute Gasteiger partial charge is 0.507 e. The number of hydrogen-bond donors (Lipinski definition) is 4. The van der Waals surface area contributed by atoms with E-state index in [0.29, 0.717) is 0 Å². The number of phenolic OH excluding ortho intramolecular Hbond substituents is 1. The molecule has 4 rings (SSSR count). The fraction of sp³-hybridized carbons (Fsp3) is 0.500. The van der Waals surface area contributed by atoms with Gasteiger partial charge in [-0.3, -0.25) is 28.9 Å². The normalized spacial score (nSPS) is 33.6. The summed E-state index contributed by atoms with van der Waals surface area (Å²) in [4.78, 5) is 66.2. The summed E-state index contributed by atoms with van der Waals surface area (Å²) in [6.07, 6.45) is -0.282. The van der Waals surface area contributed by atoms with E-state index in [9.17, 15) is 38.6 Å². The highest BCUT2D eigenvalue weighted by molar-refractivity contribution is 6.32. The summed E-state index contributed by atoms with van der Waals surface area (Å²) in [6, 6.07) is -0.201. The van der Waals surface area contributed by atoms with Crippen molar-refractivity contribution in [3.05, 3.63) is 28.6 Å². The van der Waals surface area contributed by atoms with Gasteiger partial charge in [0.15, 0.2) is 34.7 Å². The molecule has 0 heterocycles. The second-order valence-corrected chi connectivity index (χ2v) is 9.22. The van der Waals surface area contributed by atoms with Crippen molar-refractivity contribution in [1.29, 1.82) is 0 Å². The lowest BCUT2D eigenvalue weighted by Gasteiger charge is -2.52. The Morgan fingerprint density at radius 2 is 1.88 bits per heavy atom. The second-order valence-electron chi connectivity index (χ2n) is 9.22. The number of nitrogens with two attached hydrogens (primary N) is 2. The quantitative estimate of drug-likeness (QED) is 0.388. The molecule has 1 aromatic carbocycles. The lowest BCUT2D eigenvalue weighted by molar-refractivity contribution is -0.181. The Bertz CT molecular complexity index is 1130. The van der Waals surface area contributed by atoms with E-state index in [1.165, 1.54) is 19.0 Å². The number of primary amides is 1. The molecule has 33 heavy (non-hydrogen) atoms. The van der Waals surface area contributed by atoms with Crippen LogP contribution in [0.25, 0.3) is 0 Å². The molecule has 0 saturated heterocycles. The average Bonchev–Trinajstić information content (AvgIpc) is 2.72. The van der Waals surface area contributed by atoms with Gasteiger partial charge in [-0.1, -0.05) is 0 Å². The third-order valence-electron chi connectivity index (χ3n) is 7.29. The summed E-state index contributed by atoms with van der Waals surface area (Å²) < 4.78 is 15.0. The minimum atomic E-state index is -2.80. The number of benzene rings is 1. The Hall–Kier alpha value is -3.02. The van der Waals surface area contributed by atoms with Gasteiger partial charge >= 0.3 is 0 Å². The van der Waals surface area contributed by atoms with Crippen LogP contribution in [0, 0.1) is 29.5 Å². The van der Waals surface area contributed by atoms with Crippen molar-refractivity contribution in [1.82, 2.24) is 4.90 Å². The maximum Gasteiger partial charge on any atom is 0.235 e. The first-order chi connectivity index (χ1) is 15.4. The number of nitrogens with zero attached hydrogens (tertiary/aromatic N) is 1. The minimum Gasteiger partial charge on any atom is -0.507 e. The van der Waals surface area contributed by atoms with Crippen molar-refractivity contribution >= 4 is 29.0 Å². The van der Waals surface area contributed by atoms with Gasteiger partial charge < -0.3 is 21.7 Å². The van der Waals surface area contributed by atoms with Gasteiger partial charge in [-0.05, 0) is 38.9 Å². The summed E-state index contributed by atoms with van der Waals surface area (Å²) in [6.45, 7) is -0.226. The van der Waals surface area contributed by atoms with E-state index in [1.807, 2.05) is 0 Å². The summed E-state index contributed by atoms with van der Waals surface area (Å²) in [5.41, 5.74) is 7.48. The van der Waals surface area contributed by atoms with Crippen molar-refractivity contribution in [3.8, 4) is 5.75 Å². The van der Waals surface area contributed by atoms with E-state index in [4.69, 9.17) is 11.5 Å². The fourth-order valence-electron chi connectivity index (χ4n) is 5.86. The summed E-state index contributed by atoms with van der Waals surface area (Å²) in [5, 5.41) is 21.8. The van der Waals surface area contributed by atoms with Crippen LogP contribution in [0.5, 0.6) is 5.75 Å².